The van der Waals surface area contributed by atoms with Crippen LogP contribution in [0.15, 0.2) is 24.3 Å². The summed E-state index contributed by atoms with van der Waals surface area (Å²) in [6.07, 6.45) is 2.00. The van der Waals surface area contributed by atoms with E-state index in [4.69, 9.17) is 4.74 Å². The molecule has 0 bridgehead atoms. The van der Waals surface area contributed by atoms with Crippen LogP contribution in [0.3, 0.4) is 0 Å². The zero-order valence-corrected chi connectivity index (χ0v) is 12.4. The number of nitrogens with zero attached hydrogens (tertiary/aromatic N) is 1. The van der Waals surface area contributed by atoms with Crippen molar-refractivity contribution in [3.8, 4) is 5.75 Å². The van der Waals surface area contributed by atoms with Crippen LogP contribution in [0, 0.1) is 0 Å². The summed E-state index contributed by atoms with van der Waals surface area (Å²) in [5, 5.41) is 5.05. The van der Waals surface area contributed by atoms with E-state index < -0.39 is 6.03 Å². The second-order valence-electron chi connectivity index (χ2n) is 5.32. The minimum atomic E-state index is -0.402. The van der Waals surface area contributed by atoms with Crippen LogP contribution in [0.5, 0.6) is 5.75 Å². The average molecular weight is 291 g/mol. The number of methoxy groups -OCH3 is 1. The summed E-state index contributed by atoms with van der Waals surface area (Å²) >= 11 is 0. The van der Waals surface area contributed by atoms with Crippen molar-refractivity contribution in [1.82, 2.24) is 15.5 Å². The fourth-order valence-electron chi connectivity index (χ4n) is 1.96. The lowest BCUT2D eigenvalue weighted by Crippen LogP contribution is -2.44. The van der Waals surface area contributed by atoms with Crippen molar-refractivity contribution in [1.29, 1.82) is 0 Å². The lowest BCUT2D eigenvalue weighted by molar-refractivity contribution is -0.120. The Hall–Kier alpha value is -2.08. The summed E-state index contributed by atoms with van der Waals surface area (Å²) in [6.45, 7) is 0.797. The molecule has 0 aromatic heterocycles. The van der Waals surface area contributed by atoms with E-state index in [-0.39, 0.29) is 18.5 Å². The summed E-state index contributed by atoms with van der Waals surface area (Å²) in [4.78, 5) is 25.0. The van der Waals surface area contributed by atoms with E-state index in [0.29, 0.717) is 6.54 Å². The molecule has 0 spiro atoms. The first kappa shape index (κ1) is 15.3. The quantitative estimate of drug-likeness (QED) is 0.824. The monoisotopic (exact) mass is 291 g/mol. The molecule has 0 aliphatic heterocycles. The lowest BCUT2D eigenvalue weighted by atomic mass is 10.2. The van der Waals surface area contributed by atoms with Crippen molar-refractivity contribution >= 4 is 11.9 Å². The first-order valence-electron chi connectivity index (χ1n) is 6.98. The molecule has 1 aromatic carbocycles. The maximum atomic E-state index is 11.7. The Bertz CT molecular complexity index is 497. The van der Waals surface area contributed by atoms with Gasteiger partial charge < -0.3 is 10.1 Å². The molecule has 0 atom stereocenters. The van der Waals surface area contributed by atoms with Crippen molar-refractivity contribution in [2.75, 3.05) is 20.7 Å². The number of hydrogen-bond donors (Lipinski definition) is 2. The van der Waals surface area contributed by atoms with Gasteiger partial charge in [0.15, 0.2) is 0 Å². The van der Waals surface area contributed by atoms with Crippen molar-refractivity contribution < 1.29 is 14.3 Å². The molecule has 0 saturated heterocycles. The minimum absolute atomic E-state index is 0.171. The van der Waals surface area contributed by atoms with Gasteiger partial charge in [0.1, 0.15) is 5.75 Å². The van der Waals surface area contributed by atoms with Crippen LogP contribution < -0.4 is 15.4 Å². The highest BCUT2D eigenvalue weighted by Gasteiger charge is 2.24. The predicted molar refractivity (Wildman–Crippen MR) is 79.0 cm³/mol. The second-order valence-corrected chi connectivity index (χ2v) is 5.32. The van der Waals surface area contributed by atoms with Gasteiger partial charge in [0.2, 0.25) is 5.91 Å². The molecule has 2 N–H and O–H groups in total. The summed E-state index contributed by atoms with van der Waals surface area (Å²) < 4.78 is 5.10. The molecule has 1 aliphatic carbocycles. The molecular formula is C15H21N3O3. The summed E-state index contributed by atoms with van der Waals surface area (Å²) in [7, 11) is 3.46. The Morgan fingerprint density at radius 1 is 1.29 bits per heavy atom. The van der Waals surface area contributed by atoms with E-state index in [0.717, 1.165) is 24.2 Å². The molecule has 1 saturated carbocycles. The van der Waals surface area contributed by atoms with Crippen LogP contribution >= 0.6 is 0 Å². The van der Waals surface area contributed by atoms with Crippen molar-refractivity contribution in [3.05, 3.63) is 29.8 Å². The number of imide groups is 1. The summed E-state index contributed by atoms with van der Waals surface area (Å²) in [6, 6.07) is 7.51. The number of benzene rings is 1. The highest BCUT2D eigenvalue weighted by Crippen LogP contribution is 2.18. The zero-order valence-electron chi connectivity index (χ0n) is 12.4. The molecule has 1 aromatic rings. The summed E-state index contributed by atoms with van der Waals surface area (Å²) in [5.74, 6) is 0.500. The number of nitrogens with one attached hydrogen (secondary N) is 2. The SMILES string of the molecule is COc1ccc(CN(C)CC(=O)NC(=O)NC2CC2)cc1. The Balaban J connectivity index is 1.73. The van der Waals surface area contributed by atoms with Crippen LogP contribution in [0.2, 0.25) is 0 Å². The molecule has 1 fully saturated rings. The van der Waals surface area contributed by atoms with Crippen LogP contribution in [0.4, 0.5) is 4.79 Å². The van der Waals surface area contributed by atoms with Gasteiger partial charge in [-0.05, 0) is 37.6 Å². The highest BCUT2D eigenvalue weighted by molar-refractivity contribution is 5.95. The number of hydrogen-bond acceptors (Lipinski definition) is 4. The molecule has 0 unspecified atom stereocenters. The Morgan fingerprint density at radius 3 is 2.52 bits per heavy atom. The van der Waals surface area contributed by atoms with Gasteiger partial charge in [-0.15, -0.1) is 0 Å². The zero-order chi connectivity index (χ0) is 15.2. The van der Waals surface area contributed by atoms with Gasteiger partial charge in [0.05, 0.1) is 13.7 Å². The molecule has 21 heavy (non-hydrogen) atoms. The number of ether oxygens (including phenoxy) is 1. The van der Waals surface area contributed by atoms with Crippen molar-refractivity contribution in [3.63, 3.8) is 0 Å². The molecular weight excluding hydrogens is 270 g/mol. The van der Waals surface area contributed by atoms with Gasteiger partial charge in [-0.1, -0.05) is 12.1 Å². The maximum absolute atomic E-state index is 11.7. The van der Waals surface area contributed by atoms with E-state index in [1.807, 2.05) is 36.2 Å². The number of likely N-dealkylation sites (N-methyl/N-ethyl adjacent to an activating group) is 1. The molecule has 0 heterocycles. The normalized spacial score (nSPS) is 13.9. The Labute approximate surface area is 124 Å². The predicted octanol–water partition coefficient (Wildman–Crippen LogP) is 1.12. The molecule has 6 nitrogen and oxygen atoms in total. The van der Waals surface area contributed by atoms with Gasteiger partial charge >= 0.3 is 6.03 Å². The standard InChI is InChI=1S/C15H21N3O3/c1-18(9-11-3-7-13(21-2)8-4-11)10-14(19)17-15(20)16-12-5-6-12/h3-4,7-8,12H,5-6,9-10H2,1-2H3,(H2,16,17,19,20). The Morgan fingerprint density at radius 2 is 1.95 bits per heavy atom. The third kappa shape index (κ3) is 5.43. The second kappa shape index (κ2) is 7.08. The first-order chi connectivity index (χ1) is 10.1. The van der Waals surface area contributed by atoms with E-state index in [2.05, 4.69) is 10.6 Å². The largest absolute Gasteiger partial charge is 0.497 e. The van der Waals surface area contributed by atoms with Gasteiger partial charge in [0, 0.05) is 12.6 Å². The number of amides is 3. The van der Waals surface area contributed by atoms with E-state index >= 15 is 0 Å². The van der Waals surface area contributed by atoms with Gasteiger partial charge in [-0.25, -0.2) is 4.79 Å². The van der Waals surface area contributed by atoms with Gasteiger partial charge in [-0.2, -0.15) is 0 Å². The Kier molecular flexibility index (Phi) is 5.16. The maximum Gasteiger partial charge on any atom is 0.321 e. The highest BCUT2D eigenvalue weighted by atomic mass is 16.5. The lowest BCUT2D eigenvalue weighted by Gasteiger charge is -2.16. The fourth-order valence-corrected chi connectivity index (χ4v) is 1.96. The average Bonchev–Trinajstić information content (AvgIpc) is 3.22. The summed E-state index contributed by atoms with van der Waals surface area (Å²) in [5.41, 5.74) is 1.08. The van der Waals surface area contributed by atoms with Crippen LogP contribution in [-0.2, 0) is 11.3 Å². The number of carbonyl (C=O) groups is 2. The fraction of sp³-hybridized carbons (Fsp3) is 0.467. The minimum Gasteiger partial charge on any atom is -0.497 e. The number of carbonyl (C=O) groups excluding carboxylic acids is 2. The first-order valence-corrected chi connectivity index (χ1v) is 6.98. The molecule has 2 rings (SSSR count). The molecule has 3 amide bonds. The van der Waals surface area contributed by atoms with Gasteiger partial charge in [-0.3, -0.25) is 15.0 Å². The smallest absolute Gasteiger partial charge is 0.321 e. The van der Waals surface area contributed by atoms with Crippen molar-refractivity contribution in [2.24, 2.45) is 0 Å². The molecule has 6 heteroatoms. The van der Waals surface area contributed by atoms with E-state index in [1.165, 1.54) is 0 Å². The van der Waals surface area contributed by atoms with Gasteiger partial charge in [0.25, 0.3) is 0 Å². The van der Waals surface area contributed by atoms with Crippen molar-refractivity contribution in [2.45, 2.75) is 25.4 Å². The van der Waals surface area contributed by atoms with Crippen LogP contribution in [-0.4, -0.2) is 43.6 Å². The molecule has 0 radical (unpaired) electrons. The topological polar surface area (TPSA) is 70.7 Å². The van der Waals surface area contributed by atoms with Crippen LogP contribution in [0.1, 0.15) is 18.4 Å². The third-order valence-corrected chi connectivity index (χ3v) is 3.19. The molecule has 1 aliphatic rings. The van der Waals surface area contributed by atoms with Crippen LogP contribution in [0.25, 0.3) is 0 Å². The molecule has 114 valence electrons. The van der Waals surface area contributed by atoms with E-state index in [1.54, 1.807) is 7.11 Å². The number of rotatable bonds is 6. The third-order valence-electron chi connectivity index (χ3n) is 3.19. The van der Waals surface area contributed by atoms with E-state index in [9.17, 15) is 9.59 Å². The number of urea groups is 1.